The third-order valence-electron chi connectivity index (χ3n) is 3.96. The average Bonchev–Trinajstić information content (AvgIpc) is 2.55. The van der Waals surface area contributed by atoms with Crippen LogP contribution in [0.3, 0.4) is 0 Å². The van der Waals surface area contributed by atoms with Crippen molar-refractivity contribution in [2.24, 2.45) is 11.8 Å². The van der Waals surface area contributed by atoms with Gasteiger partial charge >= 0.3 is 5.97 Å². The molecule has 0 fully saturated rings. The van der Waals surface area contributed by atoms with Crippen LogP contribution in [0.2, 0.25) is 0 Å². The summed E-state index contributed by atoms with van der Waals surface area (Å²) in [5.74, 6) is -1.37. The largest absolute Gasteiger partial charge is 0.497 e. The molecule has 22 heavy (non-hydrogen) atoms. The summed E-state index contributed by atoms with van der Waals surface area (Å²) in [6.07, 6.45) is 5.33. The summed E-state index contributed by atoms with van der Waals surface area (Å²) in [6.45, 7) is 0.498. The van der Waals surface area contributed by atoms with Gasteiger partial charge in [-0.2, -0.15) is 0 Å². The highest BCUT2D eigenvalue weighted by molar-refractivity contribution is 5.85. The molecule has 1 amide bonds. The monoisotopic (exact) mass is 303 g/mol. The lowest BCUT2D eigenvalue weighted by Crippen LogP contribution is -2.39. The second-order valence-electron chi connectivity index (χ2n) is 5.38. The highest BCUT2D eigenvalue weighted by atomic mass is 16.5. The number of hydrogen-bond donors (Lipinski definition) is 2. The van der Waals surface area contributed by atoms with Crippen molar-refractivity contribution < 1.29 is 19.4 Å². The normalized spacial score (nSPS) is 20.4. The van der Waals surface area contributed by atoms with Crippen LogP contribution in [0.15, 0.2) is 36.4 Å². The minimum atomic E-state index is -0.903. The van der Waals surface area contributed by atoms with E-state index >= 15 is 0 Å². The highest BCUT2D eigenvalue weighted by Gasteiger charge is 2.33. The van der Waals surface area contributed by atoms with Crippen LogP contribution in [0.25, 0.3) is 0 Å². The molecule has 0 saturated carbocycles. The number of carbonyl (C=O) groups is 2. The van der Waals surface area contributed by atoms with Gasteiger partial charge in [-0.25, -0.2) is 0 Å². The number of benzene rings is 1. The van der Waals surface area contributed by atoms with E-state index in [-0.39, 0.29) is 5.91 Å². The quantitative estimate of drug-likeness (QED) is 0.788. The van der Waals surface area contributed by atoms with Gasteiger partial charge in [0.05, 0.1) is 18.9 Å². The van der Waals surface area contributed by atoms with Crippen molar-refractivity contribution >= 4 is 11.9 Å². The molecule has 0 aromatic heterocycles. The van der Waals surface area contributed by atoms with Gasteiger partial charge in [-0.15, -0.1) is 0 Å². The Hall–Kier alpha value is -2.30. The fourth-order valence-corrected chi connectivity index (χ4v) is 2.63. The number of rotatable bonds is 6. The van der Waals surface area contributed by atoms with E-state index in [1.54, 1.807) is 7.11 Å². The maximum Gasteiger partial charge on any atom is 0.307 e. The van der Waals surface area contributed by atoms with Gasteiger partial charge in [0.15, 0.2) is 0 Å². The van der Waals surface area contributed by atoms with E-state index in [2.05, 4.69) is 5.32 Å². The van der Waals surface area contributed by atoms with Crippen molar-refractivity contribution in [2.45, 2.75) is 19.3 Å². The van der Waals surface area contributed by atoms with Gasteiger partial charge in [0.1, 0.15) is 5.75 Å². The molecular formula is C17H21NO4. The summed E-state index contributed by atoms with van der Waals surface area (Å²) in [4.78, 5) is 23.4. The Morgan fingerprint density at radius 2 is 1.82 bits per heavy atom. The molecule has 0 aliphatic heterocycles. The Bertz CT molecular complexity index is 550. The summed E-state index contributed by atoms with van der Waals surface area (Å²) < 4.78 is 5.09. The molecule has 2 N–H and O–H groups in total. The SMILES string of the molecule is COc1ccc(CCNC(=O)[C@@H]2CC=CC[C@@H]2C(=O)O)cc1. The van der Waals surface area contributed by atoms with E-state index in [4.69, 9.17) is 4.74 Å². The Balaban J connectivity index is 1.83. The number of nitrogens with one attached hydrogen (secondary N) is 1. The number of aliphatic carboxylic acids is 1. The van der Waals surface area contributed by atoms with E-state index in [0.29, 0.717) is 25.8 Å². The van der Waals surface area contributed by atoms with Crippen molar-refractivity contribution in [3.05, 3.63) is 42.0 Å². The Morgan fingerprint density at radius 1 is 1.18 bits per heavy atom. The van der Waals surface area contributed by atoms with Crippen LogP contribution < -0.4 is 10.1 Å². The Kier molecular flexibility index (Phi) is 5.58. The van der Waals surface area contributed by atoms with Gasteiger partial charge < -0.3 is 15.2 Å². The predicted octanol–water partition coefficient (Wildman–Crippen LogP) is 2.02. The standard InChI is InChI=1S/C17H21NO4/c1-22-13-8-6-12(7-9-13)10-11-18-16(19)14-4-2-3-5-15(14)17(20)21/h2-3,6-9,14-15H,4-5,10-11H2,1H3,(H,18,19)(H,20,21)/t14-,15+/m1/s1. The summed E-state index contributed by atoms with van der Waals surface area (Å²) in [6, 6.07) is 7.66. The van der Waals surface area contributed by atoms with Crippen LogP contribution >= 0.6 is 0 Å². The fraction of sp³-hybridized carbons (Fsp3) is 0.412. The topological polar surface area (TPSA) is 75.6 Å². The molecule has 0 radical (unpaired) electrons. The Labute approximate surface area is 130 Å². The molecule has 118 valence electrons. The summed E-state index contributed by atoms with van der Waals surface area (Å²) in [5.41, 5.74) is 1.10. The smallest absolute Gasteiger partial charge is 0.307 e. The van der Waals surface area contributed by atoms with E-state index in [1.165, 1.54) is 0 Å². The van der Waals surface area contributed by atoms with Crippen molar-refractivity contribution in [3.8, 4) is 5.75 Å². The van der Waals surface area contributed by atoms with Crippen molar-refractivity contribution in [1.29, 1.82) is 0 Å². The number of carbonyl (C=O) groups excluding carboxylic acids is 1. The van der Waals surface area contributed by atoms with Crippen LogP contribution in [0.4, 0.5) is 0 Å². The number of allylic oxidation sites excluding steroid dienone is 2. The first-order valence-corrected chi connectivity index (χ1v) is 7.40. The van der Waals surface area contributed by atoms with Gasteiger partial charge in [-0.05, 0) is 37.0 Å². The van der Waals surface area contributed by atoms with Crippen molar-refractivity contribution in [2.75, 3.05) is 13.7 Å². The maximum absolute atomic E-state index is 12.2. The predicted molar refractivity (Wildman–Crippen MR) is 82.7 cm³/mol. The zero-order valence-corrected chi connectivity index (χ0v) is 12.6. The van der Waals surface area contributed by atoms with E-state index in [0.717, 1.165) is 11.3 Å². The number of carboxylic acids is 1. The first-order chi connectivity index (χ1) is 10.6. The van der Waals surface area contributed by atoms with Gasteiger partial charge in [-0.1, -0.05) is 24.3 Å². The number of methoxy groups -OCH3 is 1. The molecule has 0 saturated heterocycles. The first kappa shape index (κ1) is 16.1. The lowest BCUT2D eigenvalue weighted by Gasteiger charge is -2.24. The molecule has 0 bridgehead atoms. The van der Waals surface area contributed by atoms with Gasteiger partial charge in [0, 0.05) is 6.54 Å². The molecule has 1 aliphatic carbocycles. The van der Waals surface area contributed by atoms with Crippen molar-refractivity contribution in [3.63, 3.8) is 0 Å². The van der Waals surface area contributed by atoms with Crippen molar-refractivity contribution in [1.82, 2.24) is 5.32 Å². The lowest BCUT2D eigenvalue weighted by molar-refractivity contribution is -0.147. The van der Waals surface area contributed by atoms with Gasteiger partial charge in [-0.3, -0.25) is 9.59 Å². The molecule has 0 heterocycles. The molecule has 1 aromatic carbocycles. The molecule has 0 spiro atoms. The second-order valence-corrected chi connectivity index (χ2v) is 5.38. The van der Waals surface area contributed by atoms with E-state index < -0.39 is 17.8 Å². The number of ether oxygens (including phenoxy) is 1. The Morgan fingerprint density at radius 3 is 2.41 bits per heavy atom. The fourth-order valence-electron chi connectivity index (χ4n) is 2.63. The number of carboxylic acid groups (broad SMARTS) is 1. The van der Waals surface area contributed by atoms with Gasteiger partial charge in [0.25, 0.3) is 0 Å². The highest BCUT2D eigenvalue weighted by Crippen LogP contribution is 2.26. The number of amides is 1. The number of hydrogen-bond acceptors (Lipinski definition) is 3. The lowest BCUT2D eigenvalue weighted by atomic mass is 9.82. The molecule has 5 heteroatoms. The minimum absolute atomic E-state index is 0.176. The zero-order chi connectivity index (χ0) is 15.9. The van der Waals surface area contributed by atoms with Crippen LogP contribution in [0.1, 0.15) is 18.4 Å². The zero-order valence-electron chi connectivity index (χ0n) is 12.6. The molecule has 1 aliphatic rings. The van der Waals surface area contributed by atoms with Gasteiger partial charge in [0.2, 0.25) is 5.91 Å². The third kappa shape index (κ3) is 4.10. The third-order valence-corrected chi connectivity index (χ3v) is 3.96. The van der Waals surface area contributed by atoms with Crippen LogP contribution in [0, 0.1) is 11.8 Å². The summed E-state index contributed by atoms with van der Waals surface area (Å²) >= 11 is 0. The molecule has 2 atom stereocenters. The van der Waals surface area contributed by atoms with Crippen LogP contribution in [-0.4, -0.2) is 30.6 Å². The second kappa shape index (κ2) is 7.64. The maximum atomic E-state index is 12.2. The average molecular weight is 303 g/mol. The molecule has 5 nitrogen and oxygen atoms in total. The molecular weight excluding hydrogens is 282 g/mol. The summed E-state index contributed by atoms with van der Waals surface area (Å²) in [5, 5.41) is 12.0. The van der Waals surface area contributed by atoms with E-state index in [1.807, 2.05) is 36.4 Å². The van der Waals surface area contributed by atoms with E-state index in [9.17, 15) is 14.7 Å². The summed E-state index contributed by atoms with van der Waals surface area (Å²) in [7, 11) is 1.62. The first-order valence-electron chi connectivity index (χ1n) is 7.40. The van der Waals surface area contributed by atoms with Crippen LogP contribution in [-0.2, 0) is 16.0 Å². The molecule has 1 aromatic rings. The minimum Gasteiger partial charge on any atom is -0.497 e. The molecule has 2 rings (SSSR count). The van der Waals surface area contributed by atoms with Crippen LogP contribution in [0.5, 0.6) is 5.75 Å². The molecule has 0 unspecified atom stereocenters.